The topological polar surface area (TPSA) is 79.5 Å². The molecule has 2 rings (SSSR count). The van der Waals surface area contributed by atoms with E-state index < -0.39 is 21.8 Å². The Bertz CT molecular complexity index is 921. The van der Waals surface area contributed by atoms with Crippen LogP contribution in [0.4, 0.5) is 5.69 Å². The summed E-state index contributed by atoms with van der Waals surface area (Å²) >= 11 is 29.2. The van der Waals surface area contributed by atoms with Gasteiger partial charge in [0.1, 0.15) is 6.17 Å². The zero-order valence-corrected chi connectivity index (χ0v) is 18.7. The Kier molecular flexibility index (Phi) is 8.36. The number of amides is 1. The maximum atomic E-state index is 12.5. The molecule has 0 fully saturated rings. The van der Waals surface area contributed by atoms with E-state index in [4.69, 9.17) is 63.4 Å². The molecular weight excluding hydrogens is 480 g/mol. The SMILES string of the molecule is COC(=O)c1ccccc1NC(=S)NC(NC(=O)c1ccccc1Cl)C(Cl)(Cl)Cl. The fraction of sp³-hybridized carbons (Fsp3) is 0.167. The first-order valence-electron chi connectivity index (χ1n) is 8.00. The lowest BCUT2D eigenvalue weighted by atomic mass is 10.2. The minimum absolute atomic E-state index is 0.00265. The van der Waals surface area contributed by atoms with Crippen LogP contribution in [0.25, 0.3) is 0 Å². The van der Waals surface area contributed by atoms with E-state index in [9.17, 15) is 9.59 Å². The third-order valence-corrected chi connectivity index (χ3v) is 4.78. The molecule has 11 heteroatoms. The van der Waals surface area contributed by atoms with Crippen molar-refractivity contribution in [1.29, 1.82) is 0 Å². The number of ether oxygens (including phenoxy) is 1. The van der Waals surface area contributed by atoms with Crippen molar-refractivity contribution in [2.45, 2.75) is 9.96 Å². The molecule has 1 amide bonds. The number of methoxy groups -OCH3 is 1. The Hall–Kier alpha value is -1.77. The fourth-order valence-corrected chi connectivity index (χ4v) is 3.00. The Morgan fingerprint density at radius 3 is 2.17 bits per heavy atom. The van der Waals surface area contributed by atoms with E-state index in [1.165, 1.54) is 13.2 Å². The molecule has 0 aliphatic heterocycles. The number of rotatable bonds is 5. The second-order valence-electron chi connectivity index (χ2n) is 5.56. The van der Waals surface area contributed by atoms with Gasteiger partial charge in [0.05, 0.1) is 28.9 Å². The van der Waals surface area contributed by atoms with Gasteiger partial charge >= 0.3 is 5.97 Å². The van der Waals surface area contributed by atoms with Crippen molar-refractivity contribution in [2.24, 2.45) is 0 Å². The first-order valence-corrected chi connectivity index (χ1v) is 9.92. The van der Waals surface area contributed by atoms with Crippen LogP contribution < -0.4 is 16.0 Å². The highest BCUT2D eigenvalue weighted by Crippen LogP contribution is 2.30. The van der Waals surface area contributed by atoms with Crippen molar-refractivity contribution >= 4 is 81.3 Å². The van der Waals surface area contributed by atoms with Crippen molar-refractivity contribution in [3.8, 4) is 0 Å². The number of alkyl halides is 3. The molecule has 1 unspecified atom stereocenters. The van der Waals surface area contributed by atoms with Gasteiger partial charge in [-0.1, -0.05) is 70.7 Å². The molecule has 3 N–H and O–H groups in total. The molecule has 0 heterocycles. The number of carbonyl (C=O) groups is 2. The van der Waals surface area contributed by atoms with Gasteiger partial charge in [0.15, 0.2) is 5.11 Å². The second kappa shape index (κ2) is 10.3. The van der Waals surface area contributed by atoms with Gasteiger partial charge in [-0.3, -0.25) is 4.79 Å². The van der Waals surface area contributed by atoms with Gasteiger partial charge in [-0.05, 0) is 36.5 Å². The Balaban J connectivity index is 2.15. The summed E-state index contributed by atoms with van der Waals surface area (Å²) < 4.78 is 2.78. The first kappa shape index (κ1) is 23.5. The van der Waals surface area contributed by atoms with Crippen LogP contribution in [0.15, 0.2) is 48.5 Å². The number of carbonyl (C=O) groups excluding carboxylic acids is 2. The summed E-state index contributed by atoms with van der Waals surface area (Å²) in [6.45, 7) is 0. The van der Waals surface area contributed by atoms with Crippen LogP contribution in [0.3, 0.4) is 0 Å². The van der Waals surface area contributed by atoms with E-state index in [0.717, 1.165) is 0 Å². The smallest absolute Gasteiger partial charge is 0.339 e. The molecule has 2 aromatic carbocycles. The summed E-state index contributed by atoms with van der Waals surface area (Å²) in [6.07, 6.45) is -1.21. The van der Waals surface area contributed by atoms with Gasteiger partial charge in [0, 0.05) is 0 Å². The highest BCUT2D eigenvalue weighted by atomic mass is 35.6. The van der Waals surface area contributed by atoms with E-state index in [1.807, 2.05) is 0 Å². The van der Waals surface area contributed by atoms with E-state index in [2.05, 4.69) is 16.0 Å². The molecule has 29 heavy (non-hydrogen) atoms. The van der Waals surface area contributed by atoms with Crippen LogP contribution in [0.2, 0.25) is 5.02 Å². The maximum Gasteiger partial charge on any atom is 0.339 e. The van der Waals surface area contributed by atoms with Gasteiger partial charge in [-0.15, -0.1) is 0 Å². The van der Waals surface area contributed by atoms with E-state index in [-0.39, 0.29) is 21.3 Å². The van der Waals surface area contributed by atoms with Gasteiger partial charge in [0.25, 0.3) is 5.91 Å². The van der Waals surface area contributed by atoms with E-state index in [0.29, 0.717) is 5.69 Å². The van der Waals surface area contributed by atoms with Crippen molar-refractivity contribution in [3.05, 3.63) is 64.7 Å². The number of halogens is 4. The molecule has 0 aliphatic rings. The second-order valence-corrected chi connectivity index (χ2v) is 8.75. The maximum absolute atomic E-state index is 12.5. The van der Waals surface area contributed by atoms with Crippen molar-refractivity contribution in [3.63, 3.8) is 0 Å². The van der Waals surface area contributed by atoms with Crippen molar-refractivity contribution in [2.75, 3.05) is 12.4 Å². The van der Waals surface area contributed by atoms with Crippen LogP contribution in [-0.4, -0.2) is 34.1 Å². The van der Waals surface area contributed by atoms with Crippen LogP contribution in [0.1, 0.15) is 20.7 Å². The normalized spacial score (nSPS) is 11.9. The molecule has 2 aromatic rings. The van der Waals surface area contributed by atoms with Gasteiger partial charge in [-0.2, -0.15) is 0 Å². The molecule has 0 bridgehead atoms. The summed E-state index contributed by atoms with van der Waals surface area (Å²) in [6, 6.07) is 13.0. The summed E-state index contributed by atoms with van der Waals surface area (Å²) in [5, 5.41) is 8.29. The molecule has 6 nitrogen and oxygen atoms in total. The molecule has 1 atom stereocenters. The Morgan fingerprint density at radius 2 is 1.59 bits per heavy atom. The summed E-state index contributed by atoms with van der Waals surface area (Å²) in [5.74, 6) is -1.13. The van der Waals surface area contributed by atoms with E-state index >= 15 is 0 Å². The largest absolute Gasteiger partial charge is 0.465 e. The fourth-order valence-electron chi connectivity index (χ4n) is 2.22. The van der Waals surface area contributed by atoms with Crippen molar-refractivity contribution < 1.29 is 14.3 Å². The number of hydrogen-bond donors (Lipinski definition) is 3. The zero-order chi connectivity index (χ0) is 21.6. The molecule has 0 radical (unpaired) electrons. The molecule has 0 spiro atoms. The number of nitrogens with one attached hydrogen (secondary N) is 3. The van der Waals surface area contributed by atoms with Crippen LogP contribution in [-0.2, 0) is 4.74 Å². The molecule has 0 aliphatic carbocycles. The molecule has 0 saturated carbocycles. The predicted molar refractivity (Wildman–Crippen MR) is 120 cm³/mol. The van der Waals surface area contributed by atoms with Crippen LogP contribution in [0.5, 0.6) is 0 Å². The zero-order valence-electron chi connectivity index (χ0n) is 14.8. The molecule has 0 saturated heterocycles. The molecule has 154 valence electrons. The minimum atomic E-state index is -1.95. The quantitative estimate of drug-likeness (QED) is 0.245. The lowest BCUT2D eigenvalue weighted by molar-refractivity contribution is 0.0601. The van der Waals surface area contributed by atoms with Gasteiger partial charge in [-0.25, -0.2) is 4.79 Å². The van der Waals surface area contributed by atoms with Crippen molar-refractivity contribution in [1.82, 2.24) is 10.6 Å². The average Bonchev–Trinajstić information content (AvgIpc) is 2.66. The third kappa shape index (κ3) is 6.62. The van der Waals surface area contributed by atoms with Gasteiger partial charge in [0.2, 0.25) is 3.79 Å². The van der Waals surface area contributed by atoms with Crippen LogP contribution in [0, 0.1) is 0 Å². The number of esters is 1. The lowest BCUT2D eigenvalue weighted by Crippen LogP contribution is -2.56. The monoisotopic (exact) mass is 493 g/mol. The lowest BCUT2D eigenvalue weighted by Gasteiger charge is -2.28. The summed E-state index contributed by atoms with van der Waals surface area (Å²) in [7, 11) is 1.26. The number of para-hydroxylation sites is 1. The Morgan fingerprint density at radius 1 is 1.00 bits per heavy atom. The molecule has 0 aromatic heterocycles. The Labute approximate surface area is 192 Å². The first-order chi connectivity index (χ1) is 13.6. The number of thiocarbonyl (C=S) groups is 1. The highest BCUT2D eigenvalue weighted by Gasteiger charge is 2.35. The van der Waals surface area contributed by atoms with Gasteiger partial charge < -0.3 is 20.7 Å². The van der Waals surface area contributed by atoms with E-state index in [1.54, 1.807) is 42.5 Å². The highest BCUT2D eigenvalue weighted by molar-refractivity contribution is 7.80. The minimum Gasteiger partial charge on any atom is -0.465 e. The predicted octanol–water partition coefficient (Wildman–Crippen LogP) is 4.54. The third-order valence-electron chi connectivity index (χ3n) is 3.58. The number of anilines is 1. The average molecular weight is 495 g/mol. The number of hydrogen-bond acceptors (Lipinski definition) is 4. The number of benzene rings is 2. The van der Waals surface area contributed by atoms with Crippen LogP contribution >= 0.6 is 58.6 Å². The molecular formula is C18H15Cl4N3O3S. The summed E-state index contributed by atoms with van der Waals surface area (Å²) in [4.78, 5) is 24.4. The summed E-state index contributed by atoms with van der Waals surface area (Å²) in [5.41, 5.74) is 0.826. The standard InChI is InChI=1S/C18H15Cl4N3O3S/c1-28-15(27)11-7-3-5-9-13(11)23-17(29)25-16(18(20,21)22)24-14(26)10-6-2-4-8-12(10)19/h2-9,16H,1H3,(H,24,26)(H2,23,25,29).